The number of hydrogen-bond donors (Lipinski definition) is 2. The van der Waals surface area contributed by atoms with Crippen LogP contribution in [0.2, 0.25) is 10.0 Å². The lowest BCUT2D eigenvalue weighted by molar-refractivity contribution is -0.118. The SMILES string of the molecule is CCOc1cc(/C=N/NC(=O)c2ccccc2)cc(Cl)c1OCC(=O)Nc1ccc(Cl)cc1. The maximum Gasteiger partial charge on any atom is 0.271 e. The second-order valence-electron chi connectivity index (χ2n) is 6.67. The van der Waals surface area contributed by atoms with Gasteiger partial charge in [0.15, 0.2) is 18.1 Å². The summed E-state index contributed by atoms with van der Waals surface area (Å²) in [5.41, 5.74) is 4.11. The predicted octanol–water partition coefficient (Wildman–Crippen LogP) is 5.17. The fraction of sp³-hybridized carbons (Fsp3) is 0.125. The lowest BCUT2D eigenvalue weighted by Gasteiger charge is -2.14. The molecular formula is C24H21Cl2N3O4. The molecule has 2 amide bonds. The zero-order valence-electron chi connectivity index (χ0n) is 17.7. The molecule has 3 aromatic carbocycles. The van der Waals surface area contributed by atoms with Gasteiger partial charge in [0, 0.05) is 16.3 Å². The Morgan fingerprint density at radius 2 is 1.73 bits per heavy atom. The quantitative estimate of drug-likeness (QED) is 0.323. The van der Waals surface area contributed by atoms with E-state index < -0.39 is 0 Å². The van der Waals surface area contributed by atoms with E-state index >= 15 is 0 Å². The standard InChI is InChI=1S/C24H21Cl2N3O4/c1-2-32-21-13-16(14-27-29-24(31)17-6-4-3-5-7-17)12-20(26)23(21)33-15-22(30)28-19-10-8-18(25)9-11-19/h3-14H,2,15H2,1H3,(H,28,30)(H,29,31)/b27-14+. The van der Waals surface area contributed by atoms with Crippen LogP contribution in [0.15, 0.2) is 71.8 Å². The third-order valence-corrected chi connectivity index (χ3v) is 4.76. The number of hydrogen-bond acceptors (Lipinski definition) is 5. The minimum absolute atomic E-state index is 0.232. The molecule has 0 bridgehead atoms. The molecule has 0 heterocycles. The molecule has 0 aliphatic carbocycles. The molecule has 0 atom stereocenters. The minimum atomic E-state index is -0.370. The first kappa shape index (κ1) is 24.1. The summed E-state index contributed by atoms with van der Waals surface area (Å²) in [7, 11) is 0. The van der Waals surface area contributed by atoms with Crippen LogP contribution < -0.4 is 20.2 Å². The molecule has 3 aromatic rings. The highest BCUT2D eigenvalue weighted by Gasteiger charge is 2.14. The van der Waals surface area contributed by atoms with Gasteiger partial charge in [-0.05, 0) is 61.0 Å². The molecule has 9 heteroatoms. The Balaban J connectivity index is 1.65. The zero-order valence-corrected chi connectivity index (χ0v) is 19.2. The average Bonchev–Trinajstić information content (AvgIpc) is 2.81. The summed E-state index contributed by atoms with van der Waals surface area (Å²) in [6.45, 7) is 1.89. The van der Waals surface area contributed by atoms with Gasteiger partial charge in [0.05, 0.1) is 17.8 Å². The third kappa shape index (κ3) is 7.24. The van der Waals surface area contributed by atoms with Gasteiger partial charge in [0.2, 0.25) is 0 Å². The van der Waals surface area contributed by atoms with Gasteiger partial charge in [0.1, 0.15) is 0 Å². The Kier molecular flexibility index (Phi) is 8.69. The van der Waals surface area contributed by atoms with E-state index in [-0.39, 0.29) is 29.2 Å². The van der Waals surface area contributed by atoms with Crippen LogP contribution in [0.1, 0.15) is 22.8 Å². The van der Waals surface area contributed by atoms with Crippen molar-refractivity contribution < 1.29 is 19.1 Å². The zero-order chi connectivity index (χ0) is 23.6. The largest absolute Gasteiger partial charge is 0.490 e. The van der Waals surface area contributed by atoms with Crippen LogP contribution in [-0.2, 0) is 4.79 Å². The maximum absolute atomic E-state index is 12.2. The molecule has 33 heavy (non-hydrogen) atoms. The first-order valence-corrected chi connectivity index (χ1v) is 10.7. The monoisotopic (exact) mass is 485 g/mol. The molecular weight excluding hydrogens is 465 g/mol. The van der Waals surface area contributed by atoms with Crippen molar-refractivity contribution in [1.82, 2.24) is 5.43 Å². The fourth-order valence-electron chi connectivity index (χ4n) is 2.75. The number of nitrogens with zero attached hydrogens (tertiary/aromatic N) is 1. The summed E-state index contributed by atoms with van der Waals surface area (Å²) >= 11 is 12.2. The number of halogens is 2. The van der Waals surface area contributed by atoms with Crippen molar-refractivity contribution >= 4 is 46.9 Å². The Labute approximate surface area is 201 Å². The number of carbonyl (C=O) groups excluding carboxylic acids is 2. The van der Waals surface area contributed by atoms with Crippen molar-refractivity contribution in [2.75, 3.05) is 18.5 Å². The number of benzene rings is 3. The molecule has 170 valence electrons. The van der Waals surface area contributed by atoms with Gasteiger partial charge in [-0.1, -0.05) is 41.4 Å². The van der Waals surface area contributed by atoms with Gasteiger partial charge in [-0.3, -0.25) is 9.59 Å². The summed E-state index contributed by atoms with van der Waals surface area (Å²) < 4.78 is 11.2. The third-order valence-electron chi connectivity index (χ3n) is 4.22. The molecule has 3 rings (SSSR count). The van der Waals surface area contributed by atoms with Crippen molar-refractivity contribution in [1.29, 1.82) is 0 Å². The van der Waals surface area contributed by atoms with E-state index in [4.69, 9.17) is 32.7 Å². The van der Waals surface area contributed by atoms with E-state index in [0.29, 0.717) is 34.2 Å². The highest BCUT2D eigenvalue weighted by atomic mass is 35.5. The Hall–Kier alpha value is -3.55. The number of rotatable bonds is 9. The van der Waals surface area contributed by atoms with E-state index in [0.717, 1.165) is 0 Å². The second kappa shape index (κ2) is 11.9. The smallest absolute Gasteiger partial charge is 0.271 e. The highest BCUT2D eigenvalue weighted by molar-refractivity contribution is 6.32. The second-order valence-corrected chi connectivity index (χ2v) is 7.52. The van der Waals surface area contributed by atoms with E-state index in [9.17, 15) is 9.59 Å². The molecule has 0 unspecified atom stereocenters. The molecule has 2 N–H and O–H groups in total. The molecule has 0 radical (unpaired) electrons. The van der Waals surface area contributed by atoms with Crippen molar-refractivity contribution in [2.45, 2.75) is 6.92 Å². The van der Waals surface area contributed by atoms with Crippen LogP contribution in [0.3, 0.4) is 0 Å². The lowest BCUT2D eigenvalue weighted by Crippen LogP contribution is -2.20. The van der Waals surface area contributed by atoms with E-state index in [1.54, 1.807) is 60.7 Å². The van der Waals surface area contributed by atoms with Gasteiger partial charge in [0.25, 0.3) is 11.8 Å². The number of nitrogens with one attached hydrogen (secondary N) is 2. The van der Waals surface area contributed by atoms with Crippen LogP contribution in [0.5, 0.6) is 11.5 Å². The van der Waals surface area contributed by atoms with Gasteiger partial charge in [-0.2, -0.15) is 5.10 Å². The van der Waals surface area contributed by atoms with Crippen molar-refractivity contribution in [3.8, 4) is 11.5 Å². The summed E-state index contributed by atoms with van der Waals surface area (Å²) in [6.07, 6.45) is 1.44. The maximum atomic E-state index is 12.2. The fourth-order valence-corrected chi connectivity index (χ4v) is 3.15. The van der Waals surface area contributed by atoms with E-state index in [2.05, 4.69) is 15.8 Å². The first-order valence-electron chi connectivity index (χ1n) is 9.99. The Morgan fingerprint density at radius 1 is 1.00 bits per heavy atom. The van der Waals surface area contributed by atoms with Crippen molar-refractivity contribution in [3.63, 3.8) is 0 Å². The van der Waals surface area contributed by atoms with E-state index in [1.807, 2.05) is 13.0 Å². The number of hydrazone groups is 1. The Morgan fingerprint density at radius 3 is 2.42 bits per heavy atom. The van der Waals surface area contributed by atoms with Crippen LogP contribution >= 0.6 is 23.2 Å². The normalized spacial score (nSPS) is 10.6. The molecule has 0 aromatic heterocycles. The van der Waals surface area contributed by atoms with Crippen molar-refractivity contribution in [3.05, 3.63) is 87.9 Å². The van der Waals surface area contributed by atoms with Gasteiger partial charge < -0.3 is 14.8 Å². The van der Waals surface area contributed by atoms with Crippen molar-refractivity contribution in [2.24, 2.45) is 5.10 Å². The van der Waals surface area contributed by atoms with Gasteiger partial charge in [-0.25, -0.2) is 5.43 Å². The average molecular weight is 486 g/mol. The molecule has 0 aliphatic heterocycles. The summed E-state index contributed by atoms with van der Waals surface area (Å²) in [5, 5.41) is 7.47. The number of ether oxygens (including phenoxy) is 2. The molecule has 0 saturated carbocycles. The van der Waals surface area contributed by atoms with Crippen LogP contribution in [0.25, 0.3) is 0 Å². The molecule has 7 nitrogen and oxygen atoms in total. The number of amides is 2. The number of anilines is 1. The molecule has 0 aliphatic rings. The first-order chi connectivity index (χ1) is 16.0. The van der Waals surface area contributed by atoms with Crippen LogP contribution in [0, 0.1) is 0 Å². The summed E-state index contributed by atoms with van der Waals surface area (Å²) in [4.78, 5) is 24.3. The van der Waals surface area contributed by atoms with E-state index in [1.165, 1.54) is 6.21 Å². The van der Waals surface area contributed by atoms with Crippen LogP contribution in [-0.4, -0.2) is 31.2 Å². The summed E-state index contributed by atoms with van der Waals surface area (Å²) in [5.74, 6) is -0.130. The lowest BCUT2D eigenvalue weighted by atomic mass is 10.2. The summed E-state index contributed by atoms with van der Waals surface area (Å²) in [6, 6.07) is 18.7. The Bertz CT molecular complexity index is 1140. The van der Waals surface area contributed by atoms with Gasteiger partial charge >= 0.3 is 0 Å². The minimum Gasteiger partial charge on any atom is -0.490 e. The predicted molar refractivity (Wildman–Crippen MR) is 130 cm³/mol. The topological polar surface area (TPSA) is 89.0 Å². The number of carbonyl (C=O) groups is 2. The molecule has 0 fully saturated rings. The highest BCUT2D eigenvalue weighted by Crippen LogP contribution is 2.36. The molecule has 0 saturated heterocycles. The molecule has 0 spiro atoms. The van der Waals surface area contributed by atoms with Gasteiger partial charge in [-0.15, -0.1) is 0 Å². The van der Waals surface area contributed by atoms with Crippen LogP contribution in [0.4, 0.5) is 5.69 Å².